The molecule has 0 radical (unpaired) electrons. The molecule has 2 aromatic carbocycles. The maximum absolute atomic E-state index is 12.0. The highest BCUT2D eigenvalue weighted by Gasteiger charge is 2.25. The molecule has 0 amide bonds. The molecule has 228 valence electrons. The molecule has 0 saturated carbocycles. The minimum atomic E-state index is -2.21. The van der Waals surface area contributed by atoms with E-state index in [0.717, 1.165) is 61.8 Å². The molecule has 2 aromatic heterocycles. The zero-order valence-corrected chi connectivity index (χ0v) is 26.1. The number of nitrogens with zero attached hydrogens (tertiary/aromatic N) is 4. The van der Waals surface area contributed by atoms with Crippen molar-refractivity contribution in [2.75, 3.05) is 38.9 Å². The quantitative estimate of drug-likeness (QED) is 0.179. The summed E-state index contributed by atoms with van der Waals surface area (Å²) in [6, 6.07) is 18.1. The Bertz CT molecular complexity index is 1660. The van der Waals surface area contributed by atoms with Crippen molar-refractivity contribution >= 4 is 38.2 Å². The number of benzene rings is 2. The van der Waals surface area contributed by atoms with Gasteiger partial charge in [0.05, 0.1) is 23.0 Å². The van der Waals surface area contributed by atoms with Crippen LogP contribution in [0, 0.1) is 0 Å². The summed E-state index contributed by atoms with van der Waals surface area (Å²) in [7, 11) is -2.21. The molecule has 9 nitrogen and oxygen atoms in total. The first-order chi connectivity index (χ1) is 20.8. The first-order valence-corrected chi connectivity index (χ1v) is 17.5. The van der Waals surface area contributed by atoms with Gasteiger partial charge in [-0.05, 0) is 67.9 Å². The SMILES string of the molecule is CS(C)(=O)=Nc1ccc(-c2ccc(-c3nc4c(cc3Cl)nc(OCCOC3CCCCO3)n4C3CCCCO3)cc2)cc1. The molecule has 2 aliphatic heterocycles. The van der Waals surface area contributed by atoms with Crippen LogP contribution >= 0.6 is 11.6 Å². The highest BCUT2D eigenvalue weighted by molar-refractivity contribution is 7.92. The van der Waals surface area contributed by atoms with E-state index in [9.17, 15) is 4.21 Å². The van der Waals surface area contributed by atoms with E-state index in [1.807, 2.05) is 59.2 Å². The molecule has 11 heteroatoms. The van der Waals surface area contributed by atoms with Gasteiger partial charge in [-0.2, -0.15) is 9.35 Å². The highest BCUT2D eigenvalue weighted by atomic mass is 35.5. The molecule has 2 unspecified atom stereocenters. The second-order valence-electron chi connectivity index (χ2n) is 11.2. The van der Waals surface area contributed by atoms with E-state index in [-0.39, 0.29) is 12.5 Å². The maximum Gasteiger partial charge on any atom is 0.300 e. The Hall–Kier alpha value is -3.02. The monoisotopic (exact) mass is 624 g/mol. The number of aromatic nitrogens is 3. The van der Waals surface area contributed by atoms with Gasteiger partial charge in [-0.15, -0.1) is 0 Å². The first kappa shape index (κ1) is 30.0. The molecule has 2 fully saturated rings. The molecule has 2 aliphatic rings. The largest absolute Gasteiger partial charge is 0.462 e. The molecule has 2 saturated heterocycles. The molecule has 43 heavy (non-hydrogen) atoms. The fourth-order valence-electron chi connectivity index (χ4n) is 5.41. The average molecular weight is 625 g/mol. The van der Waals surface area contributed by atoms with Crippen LogP contribution < -0.4 is 4.74 Å². The van der Waals surface area contributed by atoms with Crippen molar-refractivity contribution in [2.45, 2.75) is 51.0 Å². The van der Waals surface area contributed by atoms with Crippen molar-refractivity contribution in [1.82, 2.24) is 14.5 Å². The number of rotatable bonds is 9. The van der Waals surface area contributed by atoms with E-state index >= 15 is 0 Å². The minimum Gasteiger partial charge on any atom is -0.462 e. The topological polar surface area (TPSA) is 97.1 Å². The summed E-state index contributed by atoms with van der Waals surface area (Å²) in [5.41, 5.74) is 5.65. The van der Waals surface area contributed by atoms with E-state index in [0.29, 0.717) is 53.4 Å². The van der Waals surface area contributed by atoms with Crippen molar-refractivity contribution in [2.24, 2.45) is 4.36 Å². The van der Waals surface area contributed by atoms with Gasteiger partial charge < -0.3 is 18.9 Å². The lowest BCUT2D eigenvalue weighted by molar-refractivity contribution is -0.165. The zero-order valence-electron chi connectivity index (χ0n) is 24.5. The van der Waals surface area contributed by atoms with Crippen LogP contribution in [-0.4, -0.2) is 64.0 Å². The van der Waals surface area contributed by atoms with Gasteiger partial charge in [-0.25, -0.2) is 9.19 Å². The Kier molecular flexibility index (Phi) is 9.30. The molecule has 0 N–H and O–H groups in total. The van der Waals surface area contributed by atoms with Gasteiger partial charge in [0, 0.05) is 41.0 Å². The third kappa shape index (κ3) is 7.38. The van der Waals surface area contributed by atoms with Crippen LogP contribution in [0.4, 0.5) is 5.69 Å². The Labute approximate surface area is 257 Å². The zero-order chi connectivity index (χ0) is 29.8. The van der Waals surface area contributed by atoms with Crippen LogP contribution in [-0.2, 0) is 23.9 Å². The molecule has 2 atom stereocenters. The van der Waals surface area contributed by atoms with Crippen LogP contribution in [0.5, 0.6) is 6.01 Å². The number of hydrogen-bond acceptors (Lipinski definition) is 8. The van der Waals surface area contributed by atoms with E-state index in [4.69, 9.17) is 40.5 Å². The van der Waals surface area contributed by atoms with E-state index in [2.05, 4.69) is 4.36 Å². The normalized spacial score (nSPS) is 19.4. The minimum absolute atomic E-state index is 0.167. The van der Waals surface area contributed by atoms with Crippen molar-refractivity contribution < 1.29 is 23.2 Å². The fraction of sp³-hybridized carbons (Fsp3) is 0.438. The summed E-state index contributed by atoms with van der Waals surface area (Å²) in [6.07, 6.45) is 8.91. The number of imidazole rings is 1. The summed E-state index contributed by atoms with van der Waals surface area (Å²) in [6.45, 7) is 2.16. The Morgan fingerprint density at radius 3 is 2.23 bits per heavy atom. The summed E-state index contributed by atoms with van der Waals surface area (Å²) >= 11 is 6.77. The number of halogens is 1. The number of ether oxygens (including phenoxy) is 4. The third-order valence-corrected chi connectivity index (χ3v) is 8.41. The third-order valence-electron chi connectivity index (χ3n) is 7.47. The van der Waals surface area contributed by atoms with Gasteiger partial charge in [0.25, 0.3) is 0 Å². The molecule has 0 bridgehead atoms. The van der Waals surface area contributed by atoms with E-state index in [1.54, 1.807) is 12.5 Å². The Balaban J connectivity index is 1.25. The van der Waals surface area contributed by atoms with Crippen LogP contribution in [0.2, 0.25) is 5.02 Å². The number of pyridine rings is 1. The predicted octanol–water partition coefficient (Wildman–Crippen LogP) is 7.40. The van der Waals surface area contributed by atoms with Crippen LogP contribution in [0.1, 0.15) is 44.8 Å². The van der Waals surface area contributed by atoms with E-state index < -0.39 is 9.73 Å². The van der Waals surface area contributed by atoms with Crippen LogP contribution in [0.3, 0.4) is 0 Å². The van der Waals surface area contributed by atoms with Crippen LogP contribution in [0.15, 0.2) is 59.0 Å². The Morgan fingerprint density at radius 1 is 0.907 bits per heavy atom. The van der Waals surface area contributed by atoms with Gasteiger partial charge in [0.15, 0.2) is 11.9 Å². The number of hydrogen-bond donors (Lipinski definition) is 0. The van der Waals surface area contributed by atoms with Gasteiger partial charge in [-0.3, -0.25) is 4.57 Å². The first-order valence-electron chi connectivity index (χ1n) is 14.8. The summed E-state index contributed by atoms with van der Waals surface area (Å²) in [4.78, 5) is 9.76. The Morgan fingerprint density at radius 2 is 1.58 bits per heavy atom. The summed E-state index contributed by atoms with van der Waals surface area (Å²) in [5, 5.41) is 0.507. The lowest BCUT2D eigenvalue weighted by atomic mass is 10.0. The smallest absolute Gasteiger partial charge is 0.300 e. The second-order valence-corrected chi connectivity index (χ2v) is 14.1. The summed E-state index contributed by atoms with van der Waals surface area (Å²) in [5.74, 6) is 0. The van der Waals surface area contributed by atoms with Crippen molar-refractivity contribution in [1.29, 1.82) is 0 Å². The van der Waals surface area contributed by atoms with Crippen molar-refractivity contribution in [3.63, 3.8) is 0 Å². The van der Waals surface area contributed by atoms with Crippen molar-refractivity contribution in [3.8, 4) is 28.4 Å². The second kappa shape index (κ2) is 13.3. The molecular weight excluding hydrogens is 588 g/mol. The van der Waals surface area contributed by atoms with Gasteiger partial charge >= 0.3 is 6.01 Å². The lowest BCUT2D eigenvalue weighted by Crippen LogP contribution is -2.25. The average Bonchev–Trinajstić information content (AvgIpc) is 3.36. The van der Waals surface area contributed by atoms with E-state index in [1.165, 1.54) is 0 Å². The molecule has 6 rings (SSSR count). The number of fused-ring (bicyclic) bond motifs is 1. The molecule has 0 aliphatic carbocycles. The van der Waals surface area contributed by atoms with Gasteiger partial charge in [-0.1, -0.05) is 48.0 Å². The summed E-state index contributed by atoms with van der Waals surface area (Å²) < 4.78 is 42.0. The highest BCUT2D eigenvalue weighted by Crippen LogP contribution is 2.36. The molecular formula is C32H37ClN4O5S. The molecule has 0 spiro atoms. The fourth-order valence-corrected chi connectivity index (χ4v) is 6.30. The molecule has 4 heterocycles. The van der Waals surface area contributed by atoms with Gasteiger partial charge in [0.1, 0.15) is 18.4 Å². The maximum atomic E-state index is 12.0. The van der Waals surface area contributed by atoms with Crippen LogP contribution in [0.25, 0.3) is 33.5 Å². The van der Waals surface area contributed by atoms with Crippen molar-refractivity contribution in [3.05, 3.63) is 59.6 Å². The molecule has 4 aromatic rings. The standard InChI is InChI=1S/C32H37ClN4O5S/c1-43(2,38)36-25-15-13-23(14-16-25)22-9-11-24(12-10-22)30-26(33)21-27-31(35-30)37(28-7-3-5-17-39-28)32(34-27)42-20-19-41-29-8-4-6-18-40-29/h9-16,21,28-29H,3-8,17-20H2,1-2H3. The predicted molar refractivity (Wildman–Crippen MR) is 169 cm³/mol. The van der Waals surface area contributed by atoms with Gasteiger partial charge in [0.2, 0.25) is 0 Å². The lowest BCUT2D eigenvalue weighted by Gasteiger charge is -2.25.